The fraction of sp³-hybridized carbons (Fsp3) is 0.364. The van der Waals surface area contributed by atoms with Gasteiger partial charge in [0.2, 0.25) is 5.91 Å². The Balaban J connectivity index is 1.48. The molecule has 0 radical (unpaired) electrons. The highest BCUT2D eigenvalue weighted by Crippen LogP contribution is 2.22. The van der Waals surface area contributed by atoms with Crippen molar-refractivity contribution in [1.29, 1.82) is 0 Å². The van der Waals surface area contributed by atoms with Crippen LogP contribution in [0.5, 0.6) is 5.75 Å². The largest absolute Gasteiger partial charge is 0.494 e. The van der Waals surface area contributed by atoms with Gasteiger partial charge in [-0.3, -0.25) is 9.59 Å². The van der Waals surface area contributed by atoms with E-state index in [1.165, 1.54) is 0 Å². The SMILES string of the molecule is CCOc1ccc(C[NH+](C)CC(=O)Nc2ccc(N3CCCC3=O)cc2)cc1. The van der Waals surface area contributed by atoms with Gasteiger partial charge in [-0.05, 0) is 61.9 Å². The van der Waals surface area contributed by atoms with Crippen molar-refractivity contribution in [3.8, 4) is 5.75 Å². The van der Waals surface area contributed by atoms with Gasteiger partial charge in [0, 0.05) is 29.9 Å². The summed E-state index contributed by atoms with van der Waals surface area (Å²) in [6, 6.07) is 15.4. The fourth-order valence-electron chi connectivity index (χ4n) is 3.41. The molecule has 1 heterocycles. The molecule has 2 amide bonds. The maximum atomic E-state index is 12.3. The highest BCUT2D eigenvalue weighted by atomic mass is 16.5. The van der Waals surface area contributed by atoms with Crippen molar-refractivity contribution in [2.45, 2.75) is 26.3 Å². The number of quaternary nitrogens is 1. The lowest BCUT2D eigenvalue weighted by molar-refractivity contribution is -0.885. The summed E-state index contributed by atoms with van der Waals surface area (Å²) in [5, 5.41) is 2.93. The summed E-state index contributed by atoms with van der Waals surface area (Å²) < 4.78 is 5.45. The standard InChI is InChI=1S/C22H27N3O3/c1-3-28-20-12-6-17(7-13-20)15-24(2)16-21(26)23-18-8-10-19(11-9-18)25-14-4-5-22(25)27/h6-13H,3-5,14-16H2,1-2H3,(H,23,26)/p+1. The number of nitrogens with zero attached hydrogens (tertiary/aromatic N) is 1. The first kappa shape index (κ1) is 19.9. The lowest BCUT2D eigenvalue weighted by Crippen LogP contribution is -3.08. The Hall–Kier alpha value is -2.86. The van der Waals surface area contributed by atoms with E-state index in [4.69, 9.17) is 4.74 Å². The smallest absolute Gasteiger partial charge is 0.279 e. The first-order valence-electron chi connectivity index (χ1n) is 9.78. The Labute approximate surface area is 166 Å². The number of benzene rings is 2. The topological polar surface area (TPSA) is 63.1 Å². The van der Waals surface area contributed by atoms with Crippen molar-refractivity contribution in [1.82, 2.24) is 0 Å². The zero-order valence-corrected chi connectivity index (χ0v) is 16.5. The lowest BCUT2D eigenvalue weighted by atomic mass is 10.2. The second-order valence-corrected chi connectivity index (χ2v) is 7.13. The van der Waals surface area contributed by atoms with Gasteiger partial charge in [0.15, 0.2) is 6.54 Å². The van der Waals surface area contributed by atoms with Crippen LogP contribution in [-0.2, 0) is 16.1 Å². The Kier molecular flexibility index (Phi) is 6.66. The minimum atomic E-state index is -0.0339. The summed E-state index contributed by atoms with van der Waals surface area (Å²) in [6.45, 7) is 4.52. The van der Waals surface area contributed by atoms with Gasteiger partial charge in [-0.1, -0.05) is 0 Å². The van der Waals surface area contributed by atoms with Gasteiger partial charge in [-0.2, -0.15) is 0 Å². The maximum Gasteiger partial charge on any atom is 0.279 e. The normalized spacial score (nSPS) is 14.8. The number of amides is 2. The highest BCUT2D eigenvalue weighted by molar-refractivity contribution is 5.96. The van der Waals surface area contributed by atoms with Crippen molar-refractivity contribution in [3.63, 3.8) is 0 Å². The third-order valence-corrected chi connectivity index (χ3v) is 4.74. The summed E-state index contributed by atoms with van der Waals surface area (Å²) in [4.78, 5) is 27.0. The molecule has 0 spiro atoms. The average molecular weight is 382 g/mol. The molecule has 1 atom stereocenters. The second kappa shape index (κ2) is 9.37. The van der Waals surface area contributed by atoms with Crippen LogP contribution in [0.2, 0.25) is 0 Å². The number of rotatable bonds is 8. The van der Waals surface area contributed by atoms with Gasteiger partial charge in [0.1, 0.15) is 12.3 Å². The molecule has 1 aliphatic rings. The van der Waals surface area contributed by atoms with Crippen LogP contribution in [0.25, 0.3) is 0 Å². The Bertz CT molecular complexity index is 803. The molecule has 3 rings (SSSR count). The van der Waals surface area contributed by atoms with Crippen LogP contribution in [0.15, 0.2) is 48.5 Å². The van der Waals surface area contributed by atoms with Gasteiger partial charge in [-0.15, -0.1) is 0 Å². The minimum absolute atomic E-state index is 0.0339. The third-order valence-electron chi connectivity index (χ3n) is 4.74. The van der Waals surface area contributed by atoms with E-state index in [1.54, 1.807) is 4.90 Å². The van der Waals surface area contributed by atoms with Crippen LogP contribution in [0.3, 0.4) is 0 Å². The highest BCUT2D eigenvalue weighted by Gasteiger charge is 2.21. The van der Waals surface area contributed by atoms with Crippen molar-refractivity contribution in [3.05, 3.63) is 54.1 Å². The molecule has 1 fully saturated rings. The van der Waals surface area contributed by atoms with Crippen LogP contribution >= 0.6 is 0 Å². The zero-order chi connectivity index (χ0) is 19.9. The Morgan fingerprint density at radius 1 is 1.14 bits per heavy atom. The fourth-order valence-corrected chi connectivity index (χ4v) is 3.41. The van der Waals surface area contributed by atoms with E-state index in [2.05, 4.69) is 5.32 Å². The molecule has 28 heavy (non-hydrogen) atoms. The summed E-state index contributed by atoms with van der Waals surface area (Å²) >= 11 is 0. The average Bonchev–Trinajstić information content (AvgIpc) is 3.10. The van der Waals surface area contributed by atoms with Crippen LogP contribution in [0, 0.1) is 0 Å². The van der Waals surface area contributed by atoms with Crippen molar-refractivity contribution in [2.75, 3.05) is 37.0 Å². The van der Waals surface area contributed by atoms with Gasteiger partial charge < -0.3 is 19.9 Å². The van der Waals surface area contributed by atoms with Crippen LogP contribution in [0.4, 0.5) is 11.4 Å². The van der Waals surface area contributed by atoms with Gasteiger partial charge in [0.05, 0.1) is 13.7 Å². The monoisotopic (exact) mass is 382 g/mol. The minimum Gasteiger partial charge on any atom is -0.494 e. The Morgan fingerprint density at radius 3 is 2.46 bits per heavy atom. The molecule has 0 aliphatic carbocycles. The second-order valence-electron chi connectivity index (χ2n) is 7.13. The van der Waals surface area contributed by atoms with E-state index in [-0.39, 0.29) is 11.8 Å². The first-order valence-corrected chi connectivity index (χ1v) is 9.78. The maximum absolute atomic E-state index is 12.3. The van der Waals surface area contributed by atoms with E-state index >= 15 is 0 Å². The van der Waals surface area contributed by atoms with Gasteiger partial charge >= 0.3 is 0 Å². The number of nitrogens with one attached hydrogen (secondary N) is 2. The molecule has 1 saturated heterocycles. The molecule has 2 N–H and O–H groups in total. The quantitative estimate of drug-likeness (QED) is 0.733. The van der Waals surface area contributed by atoms with E-state index in [1.807, 2.05) is 62.5 Å². The first-order chi connectivity index (χ1) is 13.5. The number of anilines is 2. The van der Waals surface area contributed by atoms with E-state index < -0.39 is 0 Å². The van der Waals surface area contributed by atoms with Crippen molar-refractivity contribution in [2.24, 2.45) is 0 Å². The van der Waals surface area contributed by atoms with Crippen LogP contribution in [0.1, 0.15) is 25.3 Å². The van der Waals surface area contributed by atoms with E-state index in [0.29, 0.717) is 19.6 Å². The molecular weight excluding hydrogens is 354 g/mol. The van der Waals surface area contributed by atoms with E-state index in [9.17, 15) is 9.59 Å². The van der Waals surface area contributed by atoms with Crippen LogP contribution in [-0.4, -0.2) is 38.6 Å². The molecule has 0 bridgehead atoms. The lowest BCUT2D eigenvalue weighted by Gasteiger charge is -2.17. The molecule has 6 heteroatoms. The van der Waals surface area contributed by atoms with Crippen molar-refractivity contribution < 1.29 is 19.2 Å². The number of hydrogen-bond acceptors (Lipinski definition) is 3. The molecule has 1 aliphatic heterocycles. The molecule has 1 unspecified atom stereocenters. The molecule has 0 aromatic heterocycles. The predicted molar refractivity (Wildman–Crippen MR) is 110 cm³/mol. The van der Waals surface area contributed by atoms with Crippen molar-refractivity contribution >= 4 is 23.2 Å². The van der Waals surface area contributed by atoms with E-state index in [0.717, 1.165) is 47.1 Å². The number of ether oxygens (including phenoxy) is 1. The Morgan fingerprint density at radius 2 is 1.86 bits per heavy atom. The van der Waals surface area contributed by atoms with Gasteiger partial charge in [0.25, 0.3) is 5.91 Å². The summed E-state index contributed by atoms with van der Waals surface area (Å²) in [6.07, 6.45) is 1.52. The molecule has 0 saturated carbocycles. The van der Waals surface area contributed by atoms with Gasteiger partial charge in [-0.25, -0.2) is 0 Å². The summed E-state index contributed by atoms with van der Waals surface area (Å²) in [7, 11) is 2.00. The molecular formula is C22H28N3O3+. The summed E-state index contributed by atoms with van der Waals surface area (Å²) in [5.41, 5.74) is 2.79. The number of hydrogen-bond donors (Lipinski definition) is 2. The third kappa shape index (κ3) is 5.33. The van der Waals surface area contributed by atoms with Crippen LogP contribution < -0.4 is 19.9 Å². The number of carbonyl (C=O) groups is 2. The summed E-state index contributed by atoms with van der Waals surface area (Å²) in [5.74, 6) is 0.991. The molecule has 6 nitrogen and oxygen atoms in total. The zero-order valence-electron chi connectivity index (χ0n) is 16.5. The number of carbonyl (C=O) groups excluding carboxylic acids is 2. The molecule has 2 aromatic carbocycles. The number of likely N-dealkylation sites (N-methyl/N-ethyl adjacent to an activating group) is 1. The molecule has 148 valence electrons. The molecule has 2 aromatic rings. The predicted octanol–water partition coefficient (Wildman–Crippen LogP) is 1.87.